The highest BCUT2D eigenvalue weighted by Gasteiger charge is 2.13. The molecule has 2 aromatic carbocycles. The summed E-state index contributed by atoms with van der Waals surface area (Å²) >= 11 is 0. The number of aliphatic carboxylic acids is 1. The van der Waals surface area contributed by atoms with Gasteiger partial charge in [0.05, 0.1) is 12.3 Å². The van der Waals surface area contributed by atoms with Crippen molar-refractivity contribution in [2.24, 2.45) is 0 Å². The van der Waals surface area contributed by atoms with E-state index in [0.29, 0.717) is 12.5 Å². The van der Waals surface area contributed by atoms with Gasteiger partial charge in [-0.05, 0) is 68.5 Å². The molecule has 1 aromatic heterocycles. The summed E-state index contributed by atoms with van der Waals surface area (Å²) in [6.45, 7) is 5.75. The van der Waals surface area contributed by atoms with E-state index in [1.165, 1.54) is 36.0 Å². The third-order valence-corrected chi connectivity index (χ3v) is 4.86. The van der Waals surface area contributed by atoms with Gasteiger partial charge in [-0.2, -0.15) is 0 Å². The molecule has 5 nitrogen and oxygen atoms in total. The largest absolute Gasteiger partial charge is 0.493 e. The van der Waals surface area contributed by atoms with Gasteiger partial charge in [0.25, 0.3) is 5.97 Å². The smallest absolute Gasteiger partial charge is 0.300 e. The molecule has 0 saturated heterocycles. The second-order valence-corrected chi connectivity index (χ2v) is 7.30. The molecule has 1 N–H and O–H groups in total. The van der Waals surface area contributed by atoms with Crippen molar-refractivity contribution >= 4 is 5.97 Å². The monoisotopic (exact) mass is 393 g/mol. The van der Waals surface area contributed by atoms with E-state index in [2.05, 4.69) is 42.2 Å². The average molecular weight is 393 g/mol. The third kappa shape index (κ3) is 5.70. The second kappa shape index (κ2) is 9.41. The normalized spacial score (nSPS) is 12.1. The predicted octanol–water partition coefficient (Wildman–Crippen LogP) is 5.16. The first kappa shape index (κ1) is 20.6. The van der Waals surface area contributed by atoms with Crippen LogP contribution in [0.25, 0.3) is 11.5 Å². The molecule has 0 bridgehead atoms. The summed E-state index contributed by atoms with van der Waals surface area (Å²) in [6.07, 6.45) is 4.36. The number of aryl methyl sites for hydroxylation is 4. The topological polar surface area (TPSA) is 72.6 Å². The summed E-state index contributed by atoms with van der Waals surface area (Å²) in [5, 5.41) is 7.42. The lowest BCUT2D eigenvalue weighted by atomic mass is 10.1. The summed E-state index contributed by atoms with van der Waals surface area (Å²) in [5.74, 6) is 1.71. The van der Waals surface area contributed by atoms with Crippen molar-refractivity contribution in [3.63, 3.8) is 0 Å². The Kier molecular flexibility index (Phi) is 6.70. The van der Waals surface area contributed by atoms with Crippen LogP contribution in [-0.2, 0) is 24.1 Å². The van der Waals surface area contributed by atoms with E-state index in [4.69, 9.17) is 19.1 Å². The van der Waals surface area contributed by atoms with Gasteiger partial charge in [0.15, 0.2) is 0 Å². The molecule has 3 aromatic rings. The molecule has 0 saturated carbocycles. The maximum atomic E-state index is 9.00. The number of rotatable bonds is 5. The number of nitrogens with zero attached hydrogens (tertiary/aromatic N) is 1. The first-order valence-electron chi connectivity index (χ1n) is 9.90. The van der Waals surface area contributed by atoms with Gasteiger partial charge in [-0.1, -0.05) is 23.8 Å². The second-order valence-electron chi connectivity index (χ2n) is 7.30. The highest BCUT2D eigenvalue weighted by Crippen LogP contribution is 2.26. The van der Waals surface area contributed by atoms with Crippen molar-refractivity contribution in [2.45, 2.75) is 46.5 Å². The number of carboxylic acids is 1. The Morgan fingerprint density at radius 3 is 2.52 bits per heavy atom. The Hall–Kier alpha value is -3.08. The van der Waals surface area contributed by atoms with Crippen LogP contribution >= 0.6 is 0 Å². The van der Waals surface area contributed by atoms with Gasteiger partial charge in [0, 0.05) is 18.9 Å². The Morgan fingerprint density at radius 1 is 1.10 bits per heavy atom. The predicted molar refractivity (Wildman–Crippen MR) is 112 cm³/mol. The van der Waals surface area contributed by atoms with Gasteiger partial charge in [-0.3, -0.25) is 4.79 Å². The number of carboxylic acid groups (broad SMARTS) is 1. The Morgan fingerprint density at radius 2 is 1.79 bits per heavy atom. The molecular weight excluding hydrogens is 366 g/mol. The van der Waals surface area contributed by atoms with Crippen molar-refractivity contribution in [3.05, 3.63) is 70.6 Å². The summed E-state index contributed by atoms with van der Waals surface area (Å²) in [6, 6.07) is 14.7. The molecule has 0 atom stereocenters. The average Bonchev–Trinajstić information content (AvgIpc) is 3.28. The van der Waals surface area contributed by atoms with E-state index in [-0.39, 0.29) is 0 Å². The fourth-order valence-electron chi connectivity index (χ4n) is 3.38. The van der Waals surface area contributed by atoms with E-state index in [1.54, 1.807) is 0 Å². The van der Waals surface area contributed by atoms with Crippen molar-refractivity contribution in [3.8, 4) is 17.2 Å². The van der Waals surface area contributed by atoms with Gasteiger partial charge in [0.1, 0.15) is 11.5 Å². The molecule has 0 aliphatic heterocycles. The van der Waals surface area contributed by atoms with E-state index in [0.717, 1.165) is 36.1 Å². The van der Waals surface area contributed by atoms with Gasteiger partial charge in [-0.15, -0.1) is 0 Å². The number of aromatic nitrogens is 1. The van der Waals surface area contributed by atoms with Crippen LogP contribution in [-0.4, -0.2) is 22.7 Å². The Bertz CT molecular complexity index is 969. The Balaban J connectivity index is 0.000000552. The molecule has 0 radical (unpaired) electrons. The lowest BCUT2D eigenvalue weighted by molar-refractivity contribution is -0.134. The van der Waals surface area contributed by atoms with Crippen LogP contribution in [0, 0.1) is 13.8 Å². The number of hydrogen-bond acceptors (Lipinski definition) is 4. The fourth-order valence-corrected chi connectivity index (χ4v) is 3.38. The van der Waals surface area contributed by atoms with Gasteiger partial charge < -0.3 is 14.3 Å². The van der Waals surface area contributed by atoms with Crippen molar-refractivity contribution in [1.82, 2.24) is 4.98 Å². The minimum absolute atomic E-state index is 0.599. The zero-order valence-electron chi connectivity index (χ0n) is 17.2. The molecule has 0 unspecified atom stereocenters. The molecule has 1 aliphatic carbocycles. The van der Waals surface area contributed by atoms with E-state index in [1.807, 2.05) is 19.1 Å². The van der Waals surface area contributed by atoms with Crippen molar-refractivity contribution in [1.29, 1.82) is 0 Å². The van der Waals surface area contributed by atoms with Crippen LogP contribution < -0.4 is 4.74 Å². The quantitative estimate of drug-likeness (QED) is 0.648. The maximum absolute atomic E-state index is 9.00. The SMILES string of the molecule is CC(=O)O.Cc1ccc(-c2nc(C)c(CCOc3ccc4c(c3)CCC4)o2)cc1. The number of carbonyl (C=O) groups is 1. The summed E-state index contributed by atoms with van der Waals surface area (Å²) in [7, 11) is 0. The summed E-state index contributed by atoms with van der Waals surface area (Å²) in [5.41, 5.74) is 6.10. The molecule has 0 fully saturated rings. The molecule has 29 heavy (non-hydrogen) atoms. The summed E-state index contributed by atoms with van der Waals surface area (Å²) < 4.78 is 11.9. The molecule has 1 aliphatic rings. The van der Waals surface area contributed by atoms with Gasteiger partial charge in [-0.25, -0.2) is 4.98 Å². The van der Waals surface area contributed by atoms with Crippen LogP contribution in [0.15, 0.2) is 46.9 Å². The lowest BCUT2D eigenvalue weighted by Gasteiger charge is -2.07. The number of oxazole rings is 1. The van der Waals surface area contributed by atoms with Crippen molar-refractivity contribution < 1.29 is 19.1 Å². The fraction of sp³-hybridized carbons (Fsp3) is 0.333. The maximum Gasteiger partial charge on any atom is 0.300 e. The third-order valence-electron chi connectivity index (χ3n) is 4.86. The molecule has 0 amide bonds. The van der Waals surface area contributed by atoms with Crippen molar-refractivity contribution in [2.75, 3.05) is 6.61 Å². The molecule has 0 spiro atoms. The van der Waals surface area contributed by atoms with Crippen LogP contribution in [0.4, 0.5) is 0 Å². The zero-order chi connectivity index (χ0) is 20.8. The number of ether oxygens (including phenoxy) is 1. The number of benzene rings is 2. The van der Waals surface area contributed by atoms with Crippen LogP contribution in [0.3, 0.4) is 0 Å². The standard InChI is InChI=1S/C22H23NO2.C2H4O2/c1-15-6-8-18(9-7-15)22-23-16(2)21(25-22)12-13-24-20-11-10-17-4-3-5-19(17)14-20;1-2(3)4/h6-11,14H,3-5,12-13H2,1-2H3;1H3,(H,3,4). The molecule has 4 rings (SSSR count). The Labute approximate surface area is 171 Å². The number of fused-ring (bicyclic) bond motifs is 1. The first-order chi connectivity index (χ1) is 13.9. The first-order valence-corrected chi connectivity index (χ1v) is 9.90. The minimum Gasteiger partial charge on any atom is -0.493 e. The highest BCUT2D eigenvalue weighted by atomic mass is 16.5. The minimum atomic E-state index is -0.833. The molecule has 1 heterocycles. The number of hydrogen-bond donors (Lipinski definition) is 1. The summed E-state index contributed by atoms with van der Waals surface area (Å²) in [4.78, 5) is 13.6. The molecule has 152 valence electrons. The molecule has 5 heteroatoms. The van der Waals surface area contributed by atoms with Gasteiger partial charge in [0.2, 0.25) is 5.89 Å². The van der Waals surface area contributed by atoms with E-state index < -0.39 is 5.97 Å². The van der Waals surface area contributed by atoms with Crippen LogP contribution in [0.5, 0.6) is 5.75 Å². The van der Waals surface area contributed by atoms with Crippen LogP contribution in [0.2, 0.25) is 0 Å². The van der Waals surface area contributed by atoms with Crippen LogP contribution in [0.1, 0.15) is 41.5 Å². The van der Waals surface area contributed by atoms with E-state index >= 15 is 0 Å². The van der Waals surface area contributed by atoms with Gasteiger partial charge >= 0.3 is 0 Å². The van der Waals surface area contributed by atoms with E-state index in [9.17, 15) is 0 Å². The highest BCUT2D eigenvalue weighted by molar-refractivity contribution is 5.63. The molecular formula is C24H27NO4. The zero-order valence-corrected chi connectivity index (χ0v) is 17.2. The lowest BCUT2D eigenvalue weighted by Crippen LogP contribution is -2.02.